The van der Waals surface area contributed by atoms with Crippen LogP contribution in [0.25, 0.3) is 0 Å². The summed E-state index contributed by atoms with van der Waals surface area (Å²) in [4.78, 5) is 5.31. The number of hydrogen-bond acceptors (Lipinski definition) is 6. The Morgan fingerprint density at radius 2 is 2.11 bits per heavy atom. The molecule has 19 heavy (non-hydrogen) atoms. The topological polar surface area (TPSA) is 85.1 Å². The van der Waals surface area contributed by atoms with Gasteiger partial charge in [-0.2, -0.15) is 0 Å². The van der Waals surface area contributed by atoms with Gasteiger partial charge in [-0.25, -0.2) is 18.1 Å². The Kier molecular flexibility index (Phi) is 4.02. The van der Waals surface area contributed by atoms with E-state index < -0.39 is 10.0 Å². The van der Waals surface area contributed by atoms with E-state index in [2.05, 4.69) is 14.9 Å². The van der Waals surface area contributed by atoms with E-state index in [0.717, 1.165) is 9.88 Å². The number of sulfonamides is 1. The number of aromatic nitrogens is 2. The number of rotatable bonds is 5. The van der Waals surface area contributed by atoms with Crippen LogP contribution in [0.5, 0.6) is 0 Å². The molecule has 8 heteroatoms. The molecule has 0 unspecified atom stereocenters. The monoisotopic (exact) mass is 301 g/mol. The predicted molar refractivity (Wildman–Crippen MR) is 71.7 cm³/mol. The molecule has 104 valence electrons. The molecule has 0 fully saturated rings. The van der Waals surface area contributed by atoms with Gasteiger partial charge in [0.25, 0.3) is 0 Å². The molecule has 2 rings (SSSR count). The van der Waals surface area contributed by atoms with Crippen LogP contribution in [0.4, 0.5) is 0 Å². The van der Waals surface area contributed by atoms with E-state index >= 15 is 0 Å². The molecule has 2 heterocycles. The lowest BCUT2D eigenvalue weighted by atomic mass is 10.4. The third-order valence-electron chi connectivity index (χ3n) is 2.57. The van der Waals surface area contributed by atoms with Crippen molar-refractivity contribution < 1.29 is 12.9 Å². The van der Waals surface area contributed by atoms with Gasteiger partial charge in [-0.1, -0.05) is 5.16 Å². The van der Waals surface area contributed by atoms with Crippen LogP contribution in [-0.4, -0.2) is 25.1 Å². The van der Waals surface area contributed by atoms with E-state index in [1.165, 1.54) is 0 Å². The summed E-state index contributed by atoms with van der Waals surface area (Å²) in [6.07, 6.45) is 2.39. The Labute approximate surface area is 115 Å². The van der Waals surface area contributed by atoms with E-state index in [4.69, 9.17) is 4.52 Å². The highest BCUT2D eigenvalue weighted by atomic mass is 32.2. The van der Waals surface area contributed by atoms with Crippen LogP contribution in [0.2, 0.25) is 0 Å². The van der Waals surface area contributed by atoms with Crippen molar-refractivity contribution in [1.29, 1.82) is 0 Å². The van der Waals surface area contributed by atoms with Crippen molar-refractivity contribution in [2.45, 2.75) is 32.1 Å². The first kappa shape index (κ1) is 14.2. The second-order valence-electron chi connectivity index (χ2n) is 4.15. The lowest BCUT2D eigenvalue weighted by Gasteiger charge is -2.04. The average molecular weight is 301 g/mol. The fourth-order valence-corrected chi connectivity index (χ4v) is 3.91. The van der Waals surface area contributed by atoms with E-state index in [-0.39, 0.29) is 4.90 Å². The number of hydrogen-bond donors (Lipinski definition) is 1. The fourth-order valence-electron chi connectivity index (χ4n) is 1.76. The van der Waals surface area contributed by atoms with Crippen molar-refractivity contribution in [3.63, 3.8) is 0 Å². The molecule has 0 aliphatic heterocycles. The molecular weight excluding hydrogens is 286 g/mol. The van der Waals surface area contributed by atoms with Crippen LogP contribution >= 0.6 is 11.3 Å². The Morgan fingerprint density at radius 1 is 1.37 bits per heavy atom. The predicted octanol–water partition coefficient (Wildman–Crippen LogP) is 1.58. The maximum atomic E-state index is 12.1. The molecule has 0 bridgehead atoms. The van der Waals surface area contributed by atoms with Gasteiger partial charge >= 0.3 is 0 Å². The summed E-state index contributed by atoms with van der Waals surface area (Å²) in [7, 11) is -3.56. The van der Waals surface area contributed by atoms with Crippen LogP contribution < -0.4 is 4.72 Å². The SMILES string of the molecule is Cc1ncc(CCNS(=O)(=O)c2c(C)noc2C)s1. The van der Waals surface area contributed by atoms with Crippen LogP contribution in [-0.2, 0) is 16.4 Å². The molecule has 0 aliphatic carbocycles. The summed E-state index contributed by atoms with van der Waals surface area (Å²) in [6, 6.07) is 0. The smallest absolute Gasteiger partial charge is 0.245 e. The number of aryl methyl sites for hydroxylation is 3. The van der Waals surface area contributed by atoms with Crippen LogP contribution in [0, 0.1) is 20.8 Å². The third-order valence-corrected chi connectivity index (χ3v) is 5.25. The van der Waals surface area contributed by atoms with Gasteiger partial charge in [0.05, 0.1) is 5.01 Å². The van der Waals surface area contributed by atoms with Gasteiger partial charge in [-0.3, -0.25) is 0 Å². The molecule has 0 amide bonds. The Bertz CT molecular complexity index is 654. The summed E-state index contributed by atoms with van der Waals surface area (Å²) in [5, 5.41) is 4.63. The summed E-state index contributed by atoms with van der Waals surface area (Å²) in [5.74, 6) is 0.304. The van der Waals surface area contributed by atoms with Gasteiger partial charge in [0, 0.05) is 17.6 Å². The first-order valence-corrected chi connectivity index (χ1v) is 8.04. The fraction of sp³-hybridized carbons (Fsp3) is 0.455. The first-order valence-electron chi connectivity index (χ1n) is 5.74. The number of thiazole rings is 1. The Balaban J connectivity index is 2.03. The van der Waals surface area contributed by atoms with Gasteiger partial charge in [-0.15, -0.1) is 11.3 Å². The number of nitrogens with one attached hydrogen (secondary N) is 1. The van der Waals surface area contributed by atoms with Crippen LogP contribution in [0.15, 0.2) is 15.6 Å². The highest BCUT2D eigenvalue weighted by Crippen LogP contribution is 2.18. The maximum absolute atomic E-state index is 12.1. The lowest BCUT2D eigenvalue weighted by Crippen LogP contribution is -2.26. The molecule has 0 saturated heterocycles. The summed E-state index contributed by atoms with van der Waals surface area (Å²) < 4.78 is 31.6. The quantitative estimate of drug-likeness (QED) is 0.906. The zero-order valence-electron chi connectivity index (χ0n) is 10.9. The molecule has 0 aliphatic rings. The van der Waals surface area contributed by atoms with Crippen LogP contribution in [0.1, 0.15) is 21.3 Å². The van der Waals surface area contributed by atoms with Crippen molar-refractivity contribution in [2.75, 3.05) is 6.54 Å². The van der Waals surface area contributed by atoms with Crippen molar-refractivity contribution in [1.82, 2.24) is 14.9 Å². The van der Waals surface area contributed by atoms with Gasteiger partial charge in [0.2, 0.25) is 10.0 Å². The Morgan fingerprint density at radius 3 is 2.63 bits per heavy atom. The summed E-state index contributed by atoms with van der Waals surface area (Å²) >= 11 is 1.57. The van der Waals surface area contributed by atoms with Crippen molar-refractivity contribution in [3.8, 4) is 0 Å². The number of nitrogens with zero attached hydrogens (tertiary/aromatic N) is 2. The maximum Gasteiger partial charge on any atom is 0.245 e. The summed E-state index contributed by atoms with van der Waals surface area (Å²) in [5.41, 5.74) is 0.374. The zero-order chi connectivity index (χ0) is 14.0. The Hall–Kier alpha value is -1.25. The molecule has 0 saturated carbocycles. The van der Waals surface area contributed by atoms with Gasteiger partial charge in [0.1, 0.15) is 10.6 Å². The van der Waals surface area contributed by atoms with E-state index in [1.807, 2.05) is 6.92 Å². The van der Waals surface area contributed by atoms with Crippen molar-refractivity contribution in [3.05, 3.63) is 27.5 Å². The minimum atomic E-state index is -3.56. The van der Waals surface area contributed by atoms with E-state index in [9.17, 15) is 8.42 Å². The molecule has 0 atom stereocenters. The molecule has 6 nitrogen and oxygen atoms in total. The van der Waals surface area contributed by atoms with Gasteiger partial charge in [0.15, 0.2) is 5.76 Å². The normalized spacial score (nSPS) is 11.9. The largest absolute Gasteiger partial charge is 0.360 e. The van der Waals surface area contributed by atoms with E-state index in [0.29, 0.717) is 24.4 Å². The summed E-state index contributed by atoms with van der Waals surface area (Å²) in [6.45, 7) is 5.44. The molecule has 2 aromatic heterocycles. The lowest BCUT2D eigenvalue weighted by molar-refractivity contribution is 0.390. The van der Waals surface area contributed by atoms with Crippen molar-refractivity contribution in [2.24, 2.45) is 0 Å². The van der Waals surface area contributed by atoms with Crippen LogP contribution in [0.3, 0.4) is 0 Å². The molecule has 1 N–H and O–H groups in total. The molecule has 0 aromatic carbocycles. The minimum absolute atomic E-state index is 0.132. The van der Waals surface area contributed by atoms with Crippen molar-refractivity contribution >= 4 is 21.4 Å². The van der Waals surface area contributed by atoms with E-state index in [1.54, 1.807) is 31.4 Å². The van der Waals surface area contributed by atoms with Gasteiger partial charge < -0.3 is 4.52 Å². The second-order valence-corrected chi connectivity index (χ2v) is 7.17. The zero-order valence-corrected chi connectivity index (χ0v) is 12.6. The highest BCUT2D eigenvalue weighted by molar-refractivity contribution is 7.89. The second kappa shape index (κ2) is 5.40. The average Bonchev–Trinajstić information content (AvgIpc) is 2.86. The standard InChI is InChI=1S/C11H15N3O3S2/c1-7-11(8(2)17-14-7)19(15,16)13-5-4-10-6-12-9(3)18-10/h6,13H,4-5H2,1-3H3. The molecule has 0 spiro atoms. The third kappa shape index (κ3) is 3.20. The highest BCUT2D eigenvalue weighted by Gasteiger charge is 2.23. The molecule has 0 radical (unpaired) electrons. The molecular formula is C11H15N3O3S2. The van der Waals surface area contributed by atoms with Gasteiger partial charge in [-0.05, 0) is 27.2 Å². The first-order chi connectivity index (χ1) is 8.90. The molecule has 2 aromatic rings. The minimum Gasteiger partial charge on any atom is -0.360 e.